The summed E-state index contributed by atoms with van der Waals surface area (Å²) in [6.45, 7) is 0. The summed E-state index contributed by atoms with van der Waals surface area (Å²) in [7, 11) is 0. The smallest absolute Gasteiger partial charge is 0.307 e. The Labute approximate surface area is 129 Å². The molecule has 0 bridgehead atoms. The quantitative estimate of drug-likeness (QED) is 0.856. The monoisotopic (exact) mass is 349 g/mol. The average Bonchev–Trinajstić information content (AvgIpc) is 2.97. The van der Waals surface area contributed by atoms with Crippen molar-refractivity contribution in [3.63, 3.8) is 0 Å². The Bertz CT molecular complexity index is 681. The first-order chi connectivity index (χ1) is 10.1. The molecule has 0 radical (unpaired) electrons. The van der Waals surface area contributed by atoms with Crippen LogP contribution >= 0.6 is 15.9 Å². The molecule has 108 valence electrons. The maximum absolute atomic E-state index is 11.3. The van der Waals surface area contributed by atoms with Gasteiger partial charge in [0.25, 0.3) is 0 Å². The molecule has 0 aliphatic heterocycles. The molecule has 7 heteroatoms. The van der Waals surface area contributed by atoms with Gasteiger partial charge in [0, 0.05) is 10.7 Å². The van der Waals surface area contributed by atoms with E-state index in [-0.39, 0.29) is 5.92 Å². The van der Waals surface area contributed by atoms with Crippen molar-refractivity contribution in [2.75, 3.05) is 0 Å². The average molecular weight is 350 g/mol. The minimum absolute atomic E-state index is 0.288. The zero-order valence-electron chi connectivity index (χ0n) is 10.9. The van der Waals surface area contributed by atoms with E-state index in [2.05, 4.69) is 31.1 Å². The molecule has 2 atom stereocenters. The van der Waals surface area contributed by atoms with E-state index in [4.69, 9.17) is 4.52 Å². The molecule has 0 amide bonds. The summed E-state index contributed by atoms with van der Waals surface area (Å²) in [5, 5.41) is 13.2. The predicted octanol–water partition coefficient (Wildman–Crippen LogP) is 3.03. The number of carboxylic acids is 1. The summed E-state index contributed by atoms with van der Waals surface area (Å²) in [4.78, 5) is 19.8. The van der Waals surface area contributed by atoms with Gasteiger partial charge >= 0.3 is 5.97 Å². The van der Waals surface area contributed by atoms with Gasteiger partial charge in [-0.25, -0.2) is 0 Å². The minimum Gasteiger partial charge on any atom is -0.481 e. The SMILES string of the molecule is O=C(O)C1CC=CCC1c1nc(-c2ccc(Br)cn2)no1. The Morgan fingerprint density at radius 3 is 2.86 bits per heavy atom. The minimum atomic E-state index is -0.842. The van der Waals surface area contributed by atoms with Crippen LogP contribution in [0.25, 0.3) is 11.5 Å². The Hall–Kier alpha value is -2.02. The number of carboxylic acid groups (broad SMARTS) is 1. The van der Waals surface area contributed by atoms with Crippen molar-refractivity contribution in [2.45, 2.75) is 18.8 Å². The molecule has 1 aliphatic carbocycles. The van der Waals surface area contributed by atoms with Crippen molar-refractivity contribution >= 4 is 21.9 Å². The zero-order chi connectivity index (χ0) is 14.8. The standard InChI is InChI=1S/C14H12BrN3O3/c15-8-5-6-11(16-7-8)12-17-13(21-18-12)9-3-1-2-4-10(9)14(19)20/h1-2,5-7,9-10H,3-4H2,(H,19,20). The highest BCUT2D eigenvalue weighted by molar-refractivity contribution is 9.10. The summed E-state index contributed by atoms with van der Waals surface area (Å²) in [5.41, 5.74) is 0.589. The van der Waals surface area contributed by atoms with Crippen molar-refractivity contribution in [3.8, 4) is 11.5 Å². The van der Waals surface area contributed by atoms with E-state index >= 15 is 0 Å². The summed E-state index contributed by atoms with van der Waals surface area (Å²) in [5.74, 6) is -0.932. The first kappa shape index (κ1) is 13.9. The molecule has 2 unspecified atom stereocenters. The van der Waals surface area contributed by atoms with Crippen LogP contribution in [-0.2, 0) is 4.79 Å². The van der Waals surface area contributed by atoms with Crippen LogP contribution in [0.3, 0.4) is 0 Å². The second kappa shape index (κ2) is 5.77. The molecule has 6 nitrogen and oxygen atoms in total. The Morgan fingerprint density at radius 2 is 2.14 bits per heavy atom. The Balaban J connectivity index is 1.88. The molecule has 0 saturated heterocycles. The lowest BCUT2D eigenvalue weighted by Crippen LogP contribution is -2.23. The van der Waals surface area contributed by atoms with Gasteiger partial charge in [-0.1, -0.05) is 17.3 Å². The number of aliphatic carboxylic acids is 1. The third-order valence-corrected chi connectivity index (χ3v) is 3.93. The zero-order valence-corrected chi connectivity index (χ0v) is 12.5. The summed E-state index contributed by atoms with van der Waals surface area (Å²) in [6, 6.07) is 3.61. The molecular formula is C14H12BrN3O3. The molecule has 2 aromatic heterocycles. The van der Waals surface area contributed by atoms with Crippen LogP contribution in [0.15, 0.2) is 39.5 Å². The third-order valence-electron chi connectivity index (χ3n) is 3.47. The van der Waals surface area contributed by atoms with Gasteiger partial charge in [-0.3, -0.25) is 9.78 Å². The van der Waals surface area contributed by atoms with Crippen LogP contribution in [0.2, 0.25) is 0 Å². The molecule has 0 spiro atoms. The summed E-state index contributed by atoms with van der Waals surface area (Å²) < 4.78 is 6.12. The van der Waals surface area contributed by atoms with Crippen LogP contribution in [-0.4, -0.2) is 26.2 Å². The van der Waals surface area contributed by atoms with Crippen LogP contribution in [0.4, 0.5) is 0 Å². The molecule has 1 N–H and O–H groups in total. The van der Waals surface area contributed by atoms with Crippen LogP contribution in [0, 0.1) is 5.92 Å². The molecule has 3 rings (SSSR count). The van der Waals surface area contributed by atoms with Crippen molar-refractivity contribution in [2.24, 2.45) is 5.92 Å². The third kappa shape index (κ3) is 2.87. The number of hydrogen-bond donors (Lipinski definition) is 1. The van der Waals surface area contributed by atoms with Gasteiger partial charge in [0.05, 0.1) is 11.8 Å². The first-order valence-corrected chi connectivity index (χ1v) is 7.28. The van der Waals surface area contributed by atoms with Gasteiger partial charge in [0.2, 0.25) is 11.7 Å². The number of allylic oxidation sites excluding steroid dienone is 2. The molecule has 0 aromatic carbocycles. The van der Waals surface area contributed by atoms with E-state index in [0.29, 0.717) is 30.3 Å². The second-order valence-corrected chi connectivity index (χ2v) is 5.73. The summed E-state index contributed by atoms with van der Waals surface area (Å²) >= 11 is 3.31. The highest BCUT2D eigenvalue weighted by Gasteiger charge is 2.34. The van der Waals surface area contributed by atoms with Crippen molar-refractivity contribution in [1.29, 1.82) is 0 Å². The van der Waals surface area contributed by atoms with E-state index in [0.717, 1.165) is 4.47 Å². The van der Waals surface area contributed by atoms with Crippen molar-refractivity contribution in [3.05, 3.63) is 40.8 Å². The molecule has 1 aliphatic rings. The normalized spacial score (nSPS) is 21.4. The number of halogens is 1. The number of pyridine rings is 1. The molecule has 21 heavy (non-hydrogen) atoms. The number of aromatic nitrogens is 3. The highest BCUT2D eigenvalue weighted by atomic mass is 79.9. The molecule has 2 heterocycles. The van der Waals surface area contributed by atoms with Crippen LogP contribution in [0.5, 0.6) is 0 Å². The van der Waals surface area contributed by atoms with Gasteiger partial charge in [-0.15, -0.1) is 0 Å². The van der Waals surface area contributed by atoms with E-state index < -0.39 is 11.9 Å². The molecular weight excluding hydrogens is 338 g/mol. The van der Waals surface area contributed by atoms with Gasteiger partial charge in [-0.2, -0.15) is 4.98 Å². The van der Waals surface area contributed by atoms with Gasteiger partial charge in [0.1, 0.15) is 5.69 Å². The molecule has 0 saturated carbocycles. The van der Waals surface area contributed by atoms with E-state index in [1.165, 1.54) is 0 Å². The predicted molar refractivity (Wildman–Crippen MR) is 77.5 cm³/mol. The van der Waals surface area contributed by atoms with Crippen molar-refractivity contribution in [1.82, 2.24) is 15.1 Å². The van der Waals surface area contributed by atoms with Gasteiger partial charge in [-0.05, 0) is 40.9 Å². The topological polar surface area (TPSA) is 89.1 Å². The maximum Gasteiger partial charge on any atom is 0.307 e. The fourth-order valence-corrected chi connectivity index (χ4v) is 2.59. The number of nitrogens with zero attached hydrogens (tertiary/aromatic N) is 3. The number of rotatable bonds is 3. The largest absolute Gasteiger partial charge is 0.481 e. The Kier molecular flexibility index (Phi) is 3.83. The second-order valence-electron chi connectivity index (χ2n) is 4.81. The Morgan fingerprint density at radius 1 is 1.33 bits per heavy atom. The lowest BCUT2D eigenvalue weighted by Gasteiger charge is -2.21. The van der Waals surface area contributed by atoms with E-state index in [1.807, 2.05) is 18.2 Å². The lowest BCUT2D eigenvalue weighted by molar-refractivity contribution is -0.142. The molecule has 0 fully saturated rings. The number of carbonyl (C=O) groups is 1. The van der Waals surface area contributed by atoms with Gasteiger partial charge in [0.15, 0.2) is 0 Å². The number of hydrogen-bond acceptors (Lipinski definition) is 5. The molecule has 2 aromatic rings. The van der Waals surface area contributed by atoms with Crippen LogP contribution in [0.1, 0.15) is 24.7 Å². The van der Waals surface area contributed by atoms with Crippen LogP contribution < -0.4 is 0 Å². The fraction of sp³-hybridized carbons (Fsp3) is 0.286. The lowest BCUT2D eigenvalue weighted by atomic mass is 9.83. The van der Waals surface area contributed by atoms with E-state index in [1.54, 1.807) is 12.3 Å². The highest BCUT2D eigenvalue weighted by Crippen LogP contribution is 2.34. The fourth-order valence-electron chi connectivity index (χ4n) is 2.36. The van der Waals surface area contributed by atoms with Crippen molar-refractivity contribution < 1.29 is 14.4 Å². The maximum atomic E-state index is 11.3. The first-order valence-electron chi connectivity index (χ1n) is 6.48. The van der Waals surface area contributed by atoms with E-state index in [9.17, 15) is 9.90 Å². The summed E-state index contributed by atoms with van der Waals surface area (Å²) in [6.07, 6.45) is 6.55. The van der Waals surface area contributed by atoms with Gasteiger partial charge < -0.3 is 9.63 Å².